The molecule has 4 nitrogen and oxygen atoms in total. The minimum Gasteiger partial charge on any atom is -0.392 e. The number of nitriles is 1. The number of rotatable bonds is 6. The molecule has 1 aliphatic rings. The zero-order valence-electron chi connectivity index (χ0n) is 12.0. The number of piperazine rings is 1. The lowest BCUT2D eigenvalue weighted by atomic mass is 10.1. The van der Waals surface area contributed by atoms with E-state index in [4.69, 9.17) is 5.26 Å². The third kappa shape index (κ3) is 4.56. The molecular formula is C14H27N3O. The van der Waals surface area contributed by atoms with Crippen LogP contribution in [0.4, 0.5) is 0 Å². The summed E-state index contributed by atoms with van der Waals surface area (Å²) >= 11 is 0. The Hall–Kier alpha value is -0.630. The fourth-order valence-corrected chi connectivity index (χ4v) is 2.34. The first-order valence-corrected chi connectivity index (χ1v) is 7.12. The predicted octanol–water partition coefficient (Wildman–Crippen LogP) is 1.31. The maximum Gasteiger partial charge on any atom is 0.0978 e. The van der Waals surface area contributed by atoms with Crippen molar-refractivity contribution < 1.29 is 5.11 Å². The highest BCUT2D eigenvalue weighted by Crippen LogP contribution is 2.12. The molecule has 0 bridgehead atoms. The van der Waals surface area contributed by atoms with Crippen LogP contribution < -0.4 is 0 Å². The molecule has 4 heteroatoms. The number of aliphatic hydroxyl groups excluding tert-OH is 1. The Morgan fingerprint density at radius 2 is 1.83 bits per heavy atom. The Morgan fingerprint density at radius 1 is 1.22 bits per heavy atom. The molecule has 1 fully saturated rings. The van der Waals surface area contributed by atoms with E-state index in [1.165, 1.54) is 0 Å². The SMILES string of the molecule is CCCC(C#N)N1CCN(CC(O)C(C)C)CC1. The maximum atomic E-state index is 9.88. The average molecular weight is 253 g/mol. The summed E-state index contributed by atoms with van der Waals surface area (Å²) in [5.41, 5.74) is 0. The summed E-state index contributed by atoms with van der Waals surface area (Å²) in [6.07, 6.45) is 1.79. The van der Waals surface area contributed by atoms with Gasteiger partial charge in [-0.3, -0.25) is 9.80 Å². The highest BCUT2D eigenvalue weighted by molar-refractivity contribution is 4.93. The van der Waals surface area contributed by atoms with E-state index in [1.54, 1.807) is 0 Å². The van der Waals surface area contributed by atoms with Crippen molar-refractivity contribution in [3.05, 3.63) is 0 Å². The molecule has 1 rings (SSSR count). The van der Waals surface area contributed by atoms with Gasteiger partial charge in [0.2, 0.25) is 0 Å². The molecule has 0 radical (unpaired) electrons. The number of hydrogen-bond donors (Lipinski definition) is 1. The van der Waals surface area contributed by atoms with Crippen LogP contribution in [0.1, 0.15) is 33.6 Å². The largest absolute Gasteiger partial charge is 0.392 e. The van der Waals surface area contributed by atoms with Crippen LogP contribution in [0.25, 0.3) is 0 Å². The number of nitrogens with zero attached hydrogens (tertiary/aromatic N) is 3. The average Bonchev–Trinajstić information content (AvgIpc) is 2.37. The van der Waals surface area contributed by atoms with E-state index in [2.05, 4.69) is 22.8 Å². The second kappa shape index (κ2) is 7.73. The number of hydrogen-bond acceptors (Lipinski definition) is 4. The molecule has 0 spiro atoms. The molecular weight excluding hydrogens is 226 g/mol. The molecule has 1 saturated heterocycles. The Labute approximate surface area is 111 Å². The van der Waals surface area contributed by atoms with E-state index in [1.807, 2.05) is 13.8 Å². The van der Waals surface area contributed by atoms with Crippen molar-refractivity contribution in [1.82, 2.24) is 9.80 Å². The summed E-state index contributed by atoms with van der Waals surface area (Å²) in [6, 6.07) is 2.48. The smallest absolute Gasteiger partial charge is 0.0978 e. The fourth-order valence-electron chi connectivity index (χ4n) is 2.34. The first-order chi connectivity index (χ1) is 8.58. The molecule has 0 aromatic heterocycles. The van der Waals surface area contributed by atoms with Crippen molar-refractivity contribution in [3.63, 3.8) is 0 Å². The Balaban J connectivity index is 2.34. The van der Waals surface area contributed by atoms with Crippen LogP contribution in [-0.4, -0.2) is 59.8 Å². The van der Waals surface area contributed by atoms with E-state index >= 15 is 0 Å². The van der Waals surface area contributed by atoms with Crippen LogP contribution in [0.15, 0.2) is 0 Å². The van der Waals surface area contributed by atoms with Gasteiger partial charge in [0.05, 0.1) is 18.2 Å². The summed E-state index contributed by atoms with van der Waals surface area (Å²) in [4.78, 5) is 4.59. The molecule has 1 N–H and O–H groups in total. The quantitative estimate of drug-likeness (QED) is 0.775. The van der Waals surface area contributed by atoms with Crippen molar-refractivity contribution in [2.45, 2.75) is 45.8 Å². The van der Waals surface area contributed by atoms with E-state index in [-0.39, 0.29) is 12.1 Å². The first-order valence-electron chi connectivity index (χ1n) is 7.12. The molecule has 104 valence electrons. The van der Waals surface area contributed by atoms with Gasteiger partial charge in [0.15, 0.2) is 0 Å². The third-order valence-corrected chi connectivity index (χ3v) is 3.77. The zero-order chi connectivity index (χ0) is 13.5. The van der Waals surface area contributed by atoms with E-state index < -0.39 is 0 Å². The molecule has 0 aliphatic carbocycles. The minimum absolute atomic E-state index is 0.0761. The van der Waals surface area contributed by atoms with Crippen molar-refractivity contribution >= 4 is 0 Å². The van der Waals surface area contributed by atoms with Gasteiger partial charge in [-0.1, -0.05) is 27.2 Å². The van der Waals surface area contributed by atoms with Gasteiger partial charge >= 0.3 is 0 Å². The molecule has 2 unspecified atom stereocenters. The van der Waals surface area contributed by atoms with Crippen LogP contribution in [0.2, 0.25) is 0 Å². The summed E-state index contributed by atoms with van der Waals surface area (Å²) < 4.78 is 0. The first kappa shape index (κ1) is 15.4. The number of aliphatic hydroxyl groups is 1. The van der Waals surface area contributed by atoms with Gasteiger partial charge in [-0.15, -0.1) is 0 Å². The standard InChI is InChI=1S/C14H27N3O/c1-4-5-13(10-15)17-8-6-16(7-9-17)11-14(18)12(2)3/h12-14,18H,4-9,11H2,1-3H3. The second-order valence-corrected chi connectivity index (χ2v) is 5.58. The van der Waals surface area contributed by atoms with Gasteiger partial charge < -0.3 is 5.11 Å². The van der Waals surface area contributed by atoms with Gasteiger partial charge in [0.25, 0.3) is 0 Å². The van der Waals surface area contributed by atoms with Crippen molar-refractivity contribution in [3.8, 4) is 6.07 Å². The number of β-amino-alcohol motifs (C(OH)–C–C–N with tert-alkyl or cyclic N) is 1. The Kier molecular flexibility index (Phi) is 6.62. The molecule has 18 heavy (non-hydrogen) atoms. The van der Waals surface area contributed by atoms with Crippen LogP contribution >= 0.6 is 0 Å². The zero-order valence-corrected chi connectivity index (χ0v) is 12.0. The molecule has 1 heterocycles. The monoisotopic (exact) mass is 253 g/mol. The van der Waals surface area contributed by atoms with Crippen molar-refractivity contribution in [2.24, 2.45) is 5.92 Å². The van der Waals surface area contributed by atoms with Crippen molar-refractivity contribution in [2.75, 3.05) is 32.7 Å². The highest BCUT2D eigenvalue weighted by atomic mass is 16.3. The van der Waals surface area contributed by atoms with E-state index in [9.17, 15) is 5.11 Å². The summed E-state index contributed by atoms with van der Waals surface area (Å²) in [5, 5.41) is 19.0. The van der Waals surface area contributed by atoms with Gasteiger partial charge in [-0.2, -0.15) is 5.26 Å². The van der Waals surface area contributed by atoms with Gasteiger partial charge in [-0.25, -0.2) is 0 Å². The van der Waals surface area contributed by atoms with Crippen LogP contribution in [0, 0.1) is 17.2 Å². The molecule has 2 atom stereocenters. The Morgan fingerprint density at radius 3 is 2.28 bits per heavy atom. The van der Waals surface area contributed by atoms with Crippen LogP contribution in [-0.2, 0) is 0 Å². The normalized spacial score (nSPS) is 21.8. The Bertz CT molecular complexity index is 267. The molecule has 0 aromatic rings. The van der Waals surface area contributed by atoms with Gasteiger partial charge in [0, 0.05) is 32.7 Å². The highest BCUT2D eigenvalue weighted by Gasteiger charge is 2.24. The lowest BCUT2D eigenvalue weighted by Gasteiger charge is -2.38. The summed E-state index contributed by atoms with van der Waals surface area (Å²) in [7, 11) is 0. The fraction of sp³-hybridized carbons (Fsp3) is 0.929. The topological polar surface area (TPSA) is 50.5 Å². The lowest BCUT2D eigenvalue weighted by molar-refractivity contribution is 0.0437. The molecule has 1 aliphatic heterocycles. The molecule has 0 saturated carbocycles. The molecule has 0 aromatic carbocycles. The second-order valence-electron chi connectivity index (χ2n) is 5.58. The summed E-state index contributed by atoms with van der Waals surface area (Å²) in [5.74, 6) is 0.315. The van der Waals surface area contributed by atoms with Crippen LogP contribution in [0.3, 0.4) is 0 Å². The lowest BCUT2D eigenvalue weighted by Crippen LogP contribution is -2.51. The third-order valence-electron chi connectivity index (χ3n) is 3.77. The summed E-state index contributed by atoms with van der Waals surface area (Å²) in [6.45, 7) is 10.8. The van der Waals surface area contributed by atoms with Gasteiger partial charge in [0.1, 0.15) is 0 Å². The van der Waals surface area contributed by atoms with E-state index in [0.29, 0.717) is 5.92 Å². The van der Waals surface area contributed by atoms with Crippen LogP contribution in [0.5, 0.6) is 0 Å². The van der Waals surface area contributed by atoms with Gasteiger partial charge in [-0.05, 0) is 12.3 Å². The minimum atomic E-state index is -0.237. The van der Waals surface area contributed by atoms with Crippen molar-refractivity contribution in [1.29, 1.82) is 5.26 Å². The van der Waals surface area contributed by atoms with E-state index in [0.717, 1.165) is 45.6 Å². The molecule has 0 amide bonds. The predicted molar refractivity (Wildman–Crippen MR) is 73.2 cm³/mol. The maximum absolute atomic E-state index is 9.88.